The van der Waals surface area contributed by atoms with Crippen LogP contribution in [0.2, 0.25) is 0 Å². The number of urea groups is 1. The standard InChI is InChI=1S/C16H24N2O3/c1-5-18(10-13(3)15(19)20)16(21)17(4)11-14-8-6-7-12(2)9-14/h6-9,13H,5,10-11H2,1-4H3,(H,19,20). The minimum Gasteiger partial charge on any atom is -0.481 e. The SMILES string of the molecule is CCN(CC(C)C(=O)O)C(=O)N(C)Cc1cccc(C)c1. The summed E-state index contributed by atoms with van der Waals surface area (Å²) >= 11 is 0. The molecule has 1 rings (SSSR count). The molecule has 2 amide bonds. The summed E-state index contributed by atoms with van der Waals surface area (Å²) in [5, 5.41) is 8.96. The van der Waals surface area contributed by atoms with E-state index in [2.05, 4.69) is 0 Å². The predicted octanol–water partition coefficient (Wildman–Crippen LogP) is 2.59. The second kappa shape index (κ2) is 7.67. The van der Waals surface area contributed by atoms with Crippen molar-refractivity contribution >= 4 is 12.0 Å². The number of nitrogens with zero attached hydrogens (tertiary/aromatic N) is 2. The maximum absolute atomic E-state index is 12.4. The van der Waals surface area contributed by atoms with Crippen molar-refractivity contribution in [3.63, 3.8) is 0 Å². The number of carbonyl (C=O) groups is 2. The number of aryl methyl sites for hydroxylation is 1. The number of rotatable bonds is 6. The zero-order valence-corrected chi connectivity index (χ0v) is 13.2. The Balaban J connectivity index is 2.68. The predicted molar refractivity (Wildman–Crippen MR) is 82.1 cm³/mol. The molecule has 5 nitrogen and oxygen atoms in total. The fraction of sp³-hybridized carbons (Fsp3) is 0.500. The van der Waals surface area contributed by atoms with Gasteiger partial charge in [0.25, 0.3) is 0 Å². The third kappa shape index (κ3) is 5.10. The third-order valence-corrected chi connectivity index (χ3v) is 3.40. The number of carboxylic acids is 1. The molecule has 0 heterocycles. The van der Waals surface area contributed by atoms with Crippen LogP contribution < -0.4 is 0 Å². The molecule has 5 heteroatoms. The van der Waals surface area contributed by atoms with Crippen molar-refractivity contribution in [2.75, 3.05) is 20.1 Å². The number of amides is 2. The first-order valence-corrected chi connectivity index (χ1v) is 7.13. The Morgan fingerprint density at radius 3 is 2.52 bits per heavy atom. The highest BCUT2D eigenvalue weighted by Gasteiger charge is 2.21. The first kappa shape index (κ1) is 17.0. The van der Waals surface area contributed by atoms with E-state index >= 15 is 0 Å². The molecule has 0 fully saturated rings. The van der Waals surface area contributed by atoms with Gasteiger partial charge < -0.3 is 14.9 Å². The molecule has 21 heavy (non-hydrogen) atoms. The number of carboxylic acid groups (broad SMARTS) is 1. The van der Waals surface area contributed by atoms with Crippen molar-refractivity contribution in [3.05, 3.63) is 35.4 Å². The van der Waals surface area contributed by atoms with E-state index < -0.39 is 11.9 Å². The van der Waals surface area contributed by atoms with Crippen LogP contribution in [-0.2, 0) is 11.3 Å². The first-order valence-electron chi connectivity index (χ1n) is 7.13. The van der Waals surface area contributed by atoms with Gasteiger partial charge in [0, 0.05) is 26.7 Å². The number of benzene rings is 1. The van der Waals surface area contributed by atoms with Crippen molar-refractivity contribution in [1.29, 1.82) is 0 Å². The summed E-state index contributed by atoms with van der Waals surface area (Å²) in [5.41, 5.74) is 2.22. The highest BCUT2D eigenvalue weighted by molar-refractivity contribution is 5.76. The Labute approximate surface area is 126 Å². The molecule has 0 spiro atoms. The van der Waals surface area contributed by atoms with Gasteiger partial charge in [-0.25, -0.2) is 4.79 Å². The molecule has 1 unspecified atom stereocenters. The molecule has 0 radical (unpaired) electrons. The summed E-state index contributed by atoms with van der Waals surface area (Å²) in [7, 11) is 1.73. The van der Waals surface area contributed by atoms with Gasteiger partial charge in [-0.1, -0.05) is 36.8 Å². The minimum atomic E-state index is -0.886. The summed E-state index contributed by atoms with van der Waals surface area (Å²) in [4.78, 5) is 26.5. The minimum absolute atomic E-state index is 0.146. The Morgan fingerprint density at radius 1 is 1.33 bits per heavy atom. The normalized spacial score (nSPS) is 11.8. The average molecular weight is 292 g/mol. The smallest absolute Gasteiger partial charge is 0.320 e. The van der Waals surface area contributed by atoms with Crippen molar-refractivity contribution in [3.8, 4) is 0 Å². The fourth-order valence-corrected chi connectivity index (χ4v) is 2.14. The highest BCUT2D eigenvalue weighted by atomic mass is 16.4. The van der Waals surface area contributed by atoms with Crippen molar-refractivity contribution in [1.82, 2.24) is 9.80 Å². The van der Waals surface area contributed by atoms with Crippen molar-refractivity contribution in [2.24, 2.45) is 5.92 Å². The molecule has 1 aromatic carbocycles. The summed E-state index contributed by atoms with van der Waals surface area (Å²) in [6.07, 6.45) is 0. The molecular formula is C16H24N2O3. The molecule has 0 aliphatic heterocycles. The molecule has 0 aromatic heterocycles. The van der Waals surface area contributed by atoms with Crippen LogP contribution in [-0.4, -0.2) is 47.0 Å². The second-order valence-corrected chi connectivity index (χ2v) is 5.41. The van der Waals surface area contributed by atoms with E-state index in [1.165, 1.54) is 0 Å². The van der Waals surface area contributed by atoms with E-state index in [0.717, 1.165) is 11.1 Å². The maximum Gasteiger partial charge on any atom is 0.320 e. The monoisotopic (exact) mass is 292 g/mol. The van der Waals surface area contributed by atoms with Crippen LogP contribution in [0.25, 0.3) is 0 Å². The lowest BCUT2D eigenvalue weighted by molar-refractivity contribution is -0.141. The van der Waals surface area contributed by atoms with Crippen LogP contribution in [0.15, 0.2) is 24.3 Å². The van der Waals surface area contributed by atoms with Crippen LogP contribution in [0.3, 0.4) is 0 Å². The van der Waals surface area contributed by atoms with Gasteiger partial charge in [0.2, 0.25) is 0 Å². The molecular weight excluding hydrogens is 268 g/mol. The number of hydrogen-bond donors (Lipinski definition) is 1. The molecule has 0 saturated heterocycles. The Morgan fingerprint density at radius 2 is 2.00 bits per heavy atom. The molecule has 1 atom stereocenters. The van der Waals surface area contributed by atoms with Gasteiger partial charge >= 0.3 is 12.0 Å². The molecule has 0 aliphatic rings. The van der Waals surface area contributed by atoms with Crippen LogP contribution in [0.5, 0.6) is 0 Å². The highest BCUT2D eigenvalue weighted by Crippen LogP contribution is 2.10. The summed E-state index contributed by atoms with van der Waals surface area (Å²) in [6.45, 7) is 6.71. The molecule has 0 saturated carbocycles. The zero-order valence-electron chi connectivity index (χ0n) is 13.2. The van der Waals surface area contributed by atoms with Gasteiger partial charge in [0.15, 0.2) is 0 Å². The topological polar surface area (TPSA) is 60.9 Å². The van der Waals surface area contributed by atoms with Crippen molar-refractivity contribution < 1.29 is 14.7 Å². The van der Waals surface area contributed by atoms with Gasteiger partial charge in [-0.2, -0.15) is 0 Å². The third-order valence-electron chi connectivity index (χ3n) is 3.40. The van der Waals surface area contributed by atoms with E-state index in [4.69, 9.17) is 5.11 Å². The maximum atomic E-state index is 12.4. The second-order valence-electron chi connectivity index (χ2n) is 5.41. The van der Waals surface area contributed by atoms with E-state index in [1.54, 1.807) is 23.8 Å². The van der Waals surface area contributed by atoms with Gasteiger partial charge in [-0.3, -0.25) is 4.79 Å². The van der Waals surface area contributed by atoms with Crippen LogP contribution in [0, 0.1) is 12.8 Å². The Kier molecular flexibility index (Phi) is 6.21. The lowest BCUT2D eigenvalue weighted by Gasteiger charge is -2.28. The van der Waals surface area contributed by atoms with Crippen molar-refractivity contribution in [2.45, 2.75) is 27.3 Å². The van der Waals surface area contributed by atoms with E-state index in [1.807, 2.05) is 38.1 Å². The summed E-state index contributed by atoms with van der Waals surface area (Å²) in [6, 6.07) is 7.85. The number of aliphatic carboxylic acids is 1. The van der Waals surface area contributed by atoms with Gasteiger partial charge in [0.05, 0.1) is 5.92 Å². The molecule has 0 aliphatic carbocycles. The van der Waals surface area contributed by atoms with Gasteiger partial charge in [-0.15, -0.1) is 0 Å². The Bertz CT molecular complexity index is 502. The zero-order chi connectivity index (χ0) is 16.0. The first-order chi connectivity index (χ1) is 9.85. The quantitative estimate of drug-likeness (QED) is 0.876. The van der Waals surface area contributed by atoms with Crippen LogP contribution in [0.4, 0.5) is 4.79 Å². The van der Waals surface area contributed by atoms with Gasteiger partial charge in [-0.05, 0) is 19.4 Å². The fourth-order valence-electron chi connectivity index (χ4n) is 2.14. The Hall–Kier alpha value is -2.04. The molecule has 0 bridgehead atoms. The lowest BCUT2D eigenvalue weighted by atomic mass is 10.1. The van der Waals surface area contributed by atoms with Gasteiger partial charge in [0.1, 0.15) is 0 Å². The molecule has 1 aromatic rings. The van der Waals surface area contributed by atoms with Crippen LogP contribution >= 0.6 is 0 Å². The van der Waals surface area contributed by atoms with E-state index in [0.29, 0.717) is 13.1 Å². The van der Waals surface area contributed by atoms with E-state index in [-0.39, 0.29) is 12.6 Å². The summed E-state index contributed by atoms with van der Waals surface area (Å²) < 4.78 is 0. The van der Waals surface area contributed by atoms with Crippen LogP contribution in [0.1, 0.15) is 25.0 Å². The molecule has 116 valence electrons. The average Bonchev–Trinajstić information content (AvgIpc) is 2.43. The lowest BCUT2D eigenvalue weighted by Crippen LogP contribution is -2.43. The summed E-state index contributed by atoms with van der Waals surface area (Å²) in [5.74, 6) is -1.45. The van der Waals surface area contributed by atoms with E-state index in [9.17, 15) is 9.59 Å². The molecule has 1 N–H and O–H groups in total. The number of hydrogen-bond acceptors (Lipinski definition) is 2. The largest absolute Gasteiger partial charge is 0.481 e. The number of carbonyl (C=O) groups excluding carboxylic acids is 1.